The van der Waals surface area contributed by atoms with E-state index in [1.165, 1.54) is 11.4 Å². The summed E-state index contributed by atoms with van der Waals surface area (Å²) in [5, 5.41) is 0. The molecule has 2 aromatic rings. The van der Waals surface area contributed by atoms with Gasteiger partial charge in [-0.05, 0) is 70.7 Å². The zero-order valence-corrected chi connectivity index (χ0v) is 19.4. The minimum Gasteiger partial charge on any atom is -0.466 e. The number of rotatable bonds is 5. The number of piperidine rings is 2. The highest BCUT2D eigenvalue weighted by atomic mass is 16.5. The molecule has 2 aliphatic heterocycles. The number of esters is 1. The van der Waals surface area contributed by atoms with E-state index < -0.39 is 0 Å². The van der Waals surface area contributed by atoms with Crippen molar-refractivity contribution in [2.45, 2.75) is 46.5 Å². The van der Waals surface area contributed by atoms with E-state index in [0.717, 1.165) is 37.4 Å². The summed E-state index contributed by atoms with van der Waals surface area (Å²) in [6, 6.07) is 8.35. The Kier molecular flexibility index (Phi) is 6.82. The van der Waals surface area contributed by atoms with Crippen molar-refractivity contribution < 1.29 is 14.3 Å². The molecule has 4 heterocycles. The third kappa shape index (κ3) is 4.52. The quantitative estimate of drug-likeness (QED) is 0.669. The van der Waals surface area contributed by atoms with Crippen LogP contribution in [0.2, 0.25) is 0 Å². The number of anilines is 1. The fourth-order valence-electron chi connectivity index (χ4n) is 5.05. The van der Waals surface area contributed by atoms with Crippen molar-refractivity contribution in [2.75, 3.05) is 37.7 Å². The van der Waals surface area contributed by atoms with Gasteiger partial charge in [0.05, 0.1) is 18.2 Å². The molecule has 0 aromatic carbocycles. The highest BCUT2D eigenvalue weighted by Crippen LogP contribution is 2.30. The normalized spacial score (nSPS) is 18.1. The number of hydrogen-bond donors (Lipinski definition) is 0. The fourth-order valence-corrected chi connectivity index (χ4v) is 5.05. The van der Waals surface area contributed by atoms with Crippen LogP contribution < -0.4 is 4.90 Å². The number of hydrogen-bond acceptors (Lipinski definition) is 5. The summed E-state index contributed by atoms with van der Waals surface area (Å²) < 4.78 is 7.39. The number of amides is 1. The molecule has 0 spiro atoms. The summed E-state index contributed by atoms with van der Waals surface area (Å²) in [7, 11) is 0. The molecule has 0 unspecified atom stereocenters. The Morgan fingerprint density at radius 1 is 0.969 bits per heavy atom. The van der Waals surface area contributed by atoms with E-state index in [1.54, 1.807) is 0 Å². The minimum absolute atomic E-state index is 0.0487. The molecule has 7 nitrogen and oxygen atoms in total. The monoisotopic (exact) mass is 438 g/mol. The van der Waals surface area contributed by atoms with Crippen LogP contribution in [0.25, 0.3) is 5.69 Å². The van der Waals surface area contributed by atoms with Gasteiger partial charge in [-0.15, -0.1) is 0 Å². The van der Waals surface area contributed by atoms with E-state index >= 15 is 0 Å². The smallest absolute Gasteiger partial charge is 0.309 e. The summed E-state index contributed by atoms with van der Waals surface area (Å²) in [6.07, 6.45) is 4.91. The maximum atomic E-state index is 13.1. The van der Waals surface area contributed by atoms with Gasteiger partial charge in [0.2, 0.25) is 5.91 Å². The van der Waals surface area contributed by atoms with Gasteiger partial charge in [-0.1, -0.05) is 0 Å². The molecule has 2 saturated heterocycles. The molecule has 0 saturated carbocycles. The summed E-state index contributed by atoms with van der Waals surface area (Å²) in [5.41, 5.74) is 3.47. The molecule has 0 bridgehead atoms. The molecule has 2 aromatic heterocycles. The van der Waals surface area contributed by atoms with Crippen LogP contribution in [0.15, 0.2) is 30.5 Å². The Morgan fingerprint density at radius 3 is 2.22 bits per heavy atom. The standard InChI is InChI=1S/C25H34N4O3/c1-4-32-25(31)21-11-16-28(17-12-21)24(30)20-9-14-27(15-10-20)23-22(6-5-13-26-23)29-18(2)7-8-19(29)3/h5-8,13,20-21H,4,9-12,14-17H2,1-3H3. The number of nitrogens with zero attached hydrogens (tertiary/aromatic N) is 4. The Hall–Kier alpha value is -2.83. The van der Waals surface area contributed by atoms with Crippen molar-refractivity contribution in [3.8, 4) is 5.69 Å². The van der Waals surface area contributed by atoms with Crippen molar-refractivity contribution in [3.63, 3.8) is 0 Å². The lowest BCUT2D eigenvalue weighted by molar-refractivity contribution is -0.151. The average molecular weight is 439 g/mol. The Morgan fingerprint density at radius 2 is 1.59 bits per heavy atom. The van der Waals surface area contributed by atoms with E-state index in [4.69, 9.17) is 9.72 Å². The number of carbonyl (C=O) groups excluding carboxylic acids is 2. The van der Waals surface area contributed by atoms with Gasteiger partial charge >= 0.3 is 5.97 Å². The molecule has 0 atom stereocenters. The van der Waals surface area contributed by atoms with Gasteiger partial charge in [-0.25, -0.2) is 4.98 Å². The van der Waals surface area contributed by atoms with Crippen LogP contribution in [0.3, 0.4) is 0 Å². The summed E-state index contributed by atoms with van der Waals surface area (Å²) in [6.45, 7) is 9.41. The molecule has 7 heteroatoms. The summed E-state index contributed by atoms with van der Waals surface area (Å²) in [5.74, 6) is 1.09. The van der Waals surface area contributed by atoms with Gasteiger partial charge in [-0.2, -0.15) is 0 Å². The molecule has 172 valence electrons. The number of carbonyl (C=O) groups is 2. The van der Waals surface area contributed by atoms with Crippen molar-refractivity contribution in [2.24, 2.45) is 11.8 Å². The van der Waals surface area contributed by atoms with Crippen molar-refractivity contribution in [3.05, 3.63) is 41.9 Å². The molecular weight excluding hydrogens is 404 g/mol. The molecule has 32 heavy (non-hydrogen) atoms. The molecule has 2 fully saturated rings. The van der Waals surface area contributed by atoms with Crippen LogP contribution in [0.4, 0.5) is 5.82 Å². The molecule has 1 amide bonds. The van der Waals surface area contributed by atoms with Crippen molar-refractivity contribution in [1.29, 1.82) is 0 Å². The fraction of sp³-hybridized carbons (Fsp3) is 0.560. The molecule has 0 N–H and O–H groups in total. The van der Waals surface area contributed by atoms with Gasteiger partial charge in [-0.3, -0.25) is 9.59 Å². The van der Waals surface area contributed by atoms with Crippen LogP contribution in [0.5, 0.6) is 0 Å². The summed E-state index contributed by atoms with van der Waals surface area (Å²) in [4.78, 5) is 34.0. The first-order chi connectivity index (χ1) is 15.5. The van der Waals surface area contributed by atoms with Gasteiger partial charge in [0.1, 0.15) is 0 Å². The predicted molar refractivity (Wildman–Crippen MR) is 124 cm³/mol. The van der Waals surface area contributed by atoms with Crippen LogP contribution >= 0.6 is 0 Å². The highest BCUT2D eigenvalue weighted by Gasteiger charge is 2.33. The van der Waals surface area contributed by atoms with E-state index in [1.807, 2.05) is 24.1 Å². The molecular formula is C25H34N4O3. The maximum absolute atomic E-state index is 13.1. The molecule has 2 aliphatic rings. The maximum Gasteiger partial charge on any atom is 0.309 e. The lowest BCUT2D eigenvalue weighted by atomic mass is 9.92. The first-order valence-corrected chi connectivity index (χ1v) is 11.8. The Bertz CT molecular complexity index is 934. The lowest BCUT2D eigenvalue weighted by Crippen LogP contribution is -2.46. The first kappa shape index (κ1) is 22.4. The Labute approximate surface area is 190 Å². The highest BCUT2D eigenvalue weighted by molar-refractivity contribution is 5.80. The minimum atomic E-state index is -0.118. The number of aryl methyl sites for hydroxylation is 2. The van der Waals surface area contributed by atoms with Gasteiger partial charge in [0, 0.05) is 49.7 Å². The van der Waals surface area contributed by atoms with E-state index in [2.05, 4.69) is 41.5 Å². The average Bonchev–Trinajstić information content (AvgIpc) is 3.16. The van der Waals surface area contributed by atoms with Gasteiger partial charge < -0.3 is 19.1 Å². The molecule has 4 rings (SSSR count). The van der Waals surface area contributed by atoms with Crippen LogP contribution in [-0.2, 0) is 14.3 Å². The number of pyridine rings is 1. The van der Waals surface area contributed by atoms with Crippen LogP contribution in [0, 0.1) is 25.7 Å². The van der Waals surface area contributed by atoms with Crippen molar-refractivity contribution >= 4 is 17.7 Å². The second kappa shape index (κ2) is 9.76. The van der Waals surface area contributed by atoms with Crippen molar-refractivity contribution in [1.82, 2.24) is 14.5 Å². The second-order valence-electron chi connectivity index (χ2n) is 8.91. The van der Waals surface area contributed by atoms with Crippen LogP contribution in [-0.4, -0.2) is 59.1 Å². The third-order valence-corrected chi connectivity index (χ3v) is 6.85. The van der Waals surface area contributed by atoms with Gasteiger partial charge in [0.25, 0.3) is 0 Å². The molecule has 0 aliphatic carbocycles. The first-order valence-electron chi connectivity index (χ1n) is 11.8. The Balaban J connectivity index is 1.37. The zero-order chi connectivity index (χ0) is 22.7. The lowest BCUT2D eigenvalue weighted by Gasteiger charge is -2.37. The van der Waals surface area contributed by atoms with E-state index in [9.17, 15) is 9.59 Å². The largest absolute Gasteiger partial charge is 0.466 e. The predicted octanol–water partition coefficient (Wildman–Crippen LogP) is 3.51. The topological polar surface area (TPSA) is 67.7 Å². The number of ether oxygens (including phenoxy) is 1. The SMILES string of the molecule is CCOC(=O)C1CCN(C(=O)C2CCN(c3ncccc3-n3c(C)ccc3C)CC2)CC1. The summed E-state index contributed by atoms with van der Waals surface area (Å²) >= 11 is 0. The number of aromatic nitrogens is 2. The third-order valence-electron chi connectivity index (χ3n) is 6.85. The van der Waals surface area contributed by atoms with Gasteiger partial charge in [0.15, 0.2) is 5.82 Å². The van der Waals surface area contributed by atoms with E-state index in [0.29, 0.717) is 32.5 Å². The van der Waals surface area contributed by atoms with Crippen LogP contribution in [0.1, 0.15) is 44.0 Å². The zero-order valence-electron chi connectivity index (χ0n) is 19.4. The van der Waals surface area contributed by atoms with E-state index in [-0.39, 0.29) is 23.7 Å². The molecule has 0 radical (unpaired) electrons. The second-order valence-corrected chi connectivity index (χ2v) is 8.91. The number of likely N-dealkylation sites (tertiary alicyclic amines) is 1.